The number of hydrogen-bond donors (Lipinski definition) is 0. The zero-order valence-electron chi connectivity index (χ0n) is 17.4. The first kappa shape index (κ1) is 21.2. The molecule has 0 N–H and O–H groups in total. The van der Waals surface area contributed by atoms with E-state index >= 15 is 0 Å². The lowest BCUT2D eigenvalue weighted by Crippen LogP contribution is -2.44. The van der Waals surface area contributed by atoms with Crippen LogP contribution in [0.1, 0.15) is 38.7 Å². The summed E-state index contributed by atoms with van der Waals surface area (Å²) in [6, 6.07) is 9.14. The zero-order chi connectivity index (χ0) is 18.8. The van der Waals surface area contributed by atoms with Crippen molar-refractivity contribution in [2.75, 3.05) is 64.9 Å². The molecule has 4 nitrogen and oxygen atoms in total. The van der Waals surface area contributed by atoms with Crippen LogP contribution in [-0.2, 0) is 11.3 Å². The lowest BCUT2D eigenvalue weighted by Gasteiger charge is -2.34. The molecule has 1 saturated heterocycles. The highest BCUT2D eigenvalue weighted by Crippen LogP contribution is 2.17. The molecule has 0 aliphatic carbocycles. The second-order valence-corrected chi connectivity index (χ2v) is 8.20. The van der Waals surface area contributed by atoms with Crippen molar-refractivity contribution < 1.29 is 4.74 Å². The summed E-state index contributed by atoms with van der Waals surface area (Å²) in [5.41, 5.74) is 2.75. The minimum atomic E-state index is 0.785. The molecule has 0 unspecified atom stereocenters. The van der Waals surface area contributed by atoms with Gasteiger partial charge in [0.1, 0.15) is 0 Å². The van der Waals surface area contributed by atoms with Gasteiger partial charge in [0.05, 0.1) is 0 Å². The molecule has 148 valence electrons. The van der Waals surface area contributed by atoms with E-state index in [-0.39, 0.29) is 0 Å². The molecule has 1 heterocycles. The molecule has 0 saturated carbocycles. The van der Waals surface area contributed by atoms with Gasteiger partial charge in [0, 0.05) is 58.2 Å². The third-order valence-corrected chi connectivity index (χ3v) is 5.16. The summed E-state index contributed by atoms with van der Waals surface area (Å²) in [7, 11) is 4.40. The van der Waals surface area contributed by atoms with E-state index in [4.69, 9.17) is 4.74 Å². The molecule has 0 spiro atoms. The number of rotatable bonds is 11. The number of benzene rings is 1. The Morgan fingerprint density at radius 1 is 1.00 bits per heavy atom. The predicted molar refractivity (Wildman–Crippen MR) is 112 cm³/mol. The van der Waals surface area contributed by atoms with Crippen LogP contribution < -0.4 is 4.90 Å². The molecule has 26 heavy (non-hydrogen) atoms. The quantitative estimate of drug-likeness (QED) is 0.559. The third kappa shape index (κ3) is 8.07. The highest BCUT2D eigenvalue weighted by molar-refractivity contribution is 5.48. The summed E-state index contributed by atoms with van der Waals surface area (Å²) >= 11 is 0. The molecule has 1 fully saturated rings. The van der Waals surface area contributed by atoms with Crippen LogP contribution >= 0.6 is 0 Å². The van der Waals surface area contributed by atoms with Crippen molar-refractivity contribution in [1.29, 1.82) is 0 Å². The van der Waals surface area contributed by atoms with Crippen LogP contribution in [0.15, 0.2) is 24.3 Å². The zero-order valence-corrected chi connectivity index (χ0v) is 17.4. The molecule has 2 rings (SSSR count). The number of hydrogen-bond acceptors (Lipinski definition) is 4. The molecule has 0 aromatic heterocycles. The SMILES string of the molecule is CC(C)CCCOCCCN(C)Cc1ccc(N2CCN(C)CC2)cc1. The second-order valence-electron chi connectivity index (χ2n) is 8.20. The van der Waals surface area contributed by atoms with E-state index in [2.05, 4.69) is 66.9 Å². The fraction of sp³-hybridized carbons (Fsp3) is 0.727. The summed E-state index contributed by atoms with van der Waals surface area (Å²) < 4.78 is 5.74. The molecule has 0 amide bonds. The van der Waals surface area contributed by atoms with Gasteiger partial charge in [-0.1, -0.05) is 26.0 Å². The van der Waals surface area contributed by atoms with Crippen molar-refractivity contribution in [3.8, 4) is 0 Å². The Morgan fingerprint density at radius 3 is 2.31 bits per heavy atom. The van der Waals surface area contributed by atoms with Crippen molar-refractivity contribution in [1.82, 2.24) is 9.80 Å². The minimum Gasteiger partial charge on any atom is -0.381 e. The van der Waals surface area contributed by atoms with E-state index in [1.807, 2.05) is 0 Å². The van der Waals surface area contributed by atoms with E-state index in [1.54, 1.807) is 0 Å². The van der Waals surface area contributed by atoms with Crippen molar-refractivity contribution in [3.05, 3.63) is 29.8 Å². The van der Waals surface area contributed by atoms with Crippen molar-refractivity contribution in [2.45, 2.75) is 39.7 Å². The highest BCUT2D eigenvalue weighted by atomic mass is 16.5. The highest BCUT2D eigenvalue weighted by Gasteiger charge is 2.14. The van der Waals surface area contributed by atoms with Crippen LogP contribution in [0.4, 0.5) is 5.69 Å². The van der Waals surface area contributed by atoms with Gasteiger partial charge < -0.3 is 19.4 Å². The first-order chi connectivity index (χ1) is 12.5. The molecule has 0 radical (unpaired) electrons. The summed E-state index contributed by atoms with van der Waals surface area (Å²) in [4.78, 5) is 7.28. The molecule has 0 atom stereocenters. The molecule has 1 aromatic carbocycles. The topological polar surface area (TPSA) is 19.0 Å². The Labute approximate surface area is 161 Å². The first-order valence-electron chi connectivity index (χ1n) is 10.3. The number of anilines is 1. The van der Waals surface area contributed by atoms with Gasteiger partial charge in [-0.3, -0.25) is 0 Å². The Hall–Kier alpha value is -1.10. The van der Waals surface area contributed by atoms with Gasteiger partial charge in [-0.2, -0.15) is 0 Å². The summed E-state index contributed by atoms with van der Waals surface area (Å²) in [6.07, 6.45) is 3.56. The fourth-order valence-corrected chi connectivity index (χ4v) is 3.40. The van der Waals surface area contributed by atoms with Crippen LogP contribution in [0, 0.1) is 5.92 Å². The molecular formula is C22H39N3O. The smallest absolute Gasteiger partial charge is 0.0478 e. The minimum absolute atomic E-state index is 0.785. The average molecular weight is 362 g/mol. The van der Waals surface area contributed by atoms with Gasteiger partial charge in [-0.05, 0) is 57.0 Å². The summed E-state index contributed by atoms with van der Waals surface area (Å²) in [6.45, 7) is 13.0. The van der Waals surface area contributed by atoms with Gasteiger partial charge in [-0.15, -0.1) is 0 Å². The number of likely N-dealkylation sites (N-methyl/N-ethyl adjacent to an activating group) is 1. The molecule has 1 aliphatic rings. The predicted octanol–water partition coefficient (Wildman–Crippen LogP) is 3.71. The monoisotopic (exact) mass is 361 g/mol. The Kier molecular flexibility index (Phi) is 9.44. The van der Waals surface area contributed by atoms with Crippen LogP contribution in [0.5, 0.6) is 0 Å². The molecule has 1 aliphatic heterocycles. The largest absolute Gasteiger partial charge is 0.381 e. The number of piperazine rings is 1. The van der Waals surface area contributed by atoms with Crippen molar-refractivity contribution in [2.24, 2.45) is 5.92 Å². The van der Waals surface area contributed by atoms with Crippen molar-refractivity contribution >= 4 is 5.69 Å². The van der Waals surface area contributed by atoms with Gasteiger partial charge in [0.2, 0.25) is 0 Å². The Morgan fingerprint density at radius 2 is 1.65 bits per heavy atom. The maximum absolute atomic E-state index is 5.74. The van der Waals surface area contributed by atoms with E-state index in [9.17, 15) is 0 Å². The van der Waals surface area contributed by atoms with Gasteiger partial charge in [-0.25, -0.2) is 0 Å². The van der Waals surface area contributed by atoms with Gasteiger partial charge >= 0.3 is 0 Å². The molecule has 0 bridgehead atoms. The van der Waals surface area contributed by atoms with E-state index in [0.29, 0.717) is 0 Å². The maximum Gasteiger partial charge on any atom is 0.0478 e. The van der Waals surface area contributed by atoms with Crippen LogP contribution in [0.25, 0.3) is 0 Å². The molecule has 4 heteroatoms. The van der Waals surface area contributed by atoms with Crippen LogP contribution in [0.3, 0.4) is 0 Å². The molecular weight excluding hydrogens is 322 g/mol. The first-order valence-corrected chi connectivity index (χ1v) is 10.3. The molecule has 1 aromatic rings. The number of nitrogens with zero attached hydrogens (tertiary/aromatic N) is 3. The van der Waals surface area contributed by atoms with Gasteiger partial charge in [0.15, 0.2) is 0 Å². The van der Waals surface area contributed by atoms with Crippen molar-refractivity contribution in [3.63, 3.8) is 0 Å². The third-order valence-electron chi connectivity index (χ3n) is 5.16. The summed E-state index contributed by atoms with van der Waals surface area (Å²) in [5, 5.41) is 0. The van der Waals surface area contributed by atoms with Crippen LogP contribution in [0.2, 0.25) is 0 Å². The normalized spacial score (nSPS) is 16.0. The van der Waals surface area contributed by atoms with Crippen LogP contribution in [-0.4, -0.2) is 69.8 Å². The standard InChI is InChI=1S/C22H39N3O/c1-20(2)7-5-17-26-18-6-12-24(4)19-21-8-10-22(11-9-21)25-15-13-23(3)14-16-25/h8-11,20H,5-7,12-19H2,1-4H3. The van der Waals surface area contributed by atoms with E-state index in [0.717, 1.165) is 64.8 Å². The lowest BCUT2D eigenvalue weighted by atomic mass is 10.1. The Bertz CT molecular complexity index is 481. The van der Waals surface area contributed by atoms with Gasteiger partial charge in [0.25, 0.3) is 0 Å². The number of ether oxygens (including phenoxy) is 1. The van der Waals surface area contributed by atoms with E-state index < -0.39 is 0 Å². The fourth-order valence-electron chi connectivity index (χ4n) is 3.40. The lowest BCUT2D eigenvalue weighted by molar-refractivity contribution is 0.117. The average Bonchev–Trinajstić information content (AvgIpc) is 2.62. The summed E-state index contributed by atoms with van der Waals surface area (Å²) in [5.74, 6) is 0.785. The second kappa shape index (κ2) is 11.6. The van der Waals surface area contributed by atoms with E-state index in [1.165, 1.54) is 24.1 Å². The maximum atomic E-state index is 5.74. The Balaban J connectivity index is 1.60.